The number of rotatable bonds is 6. The summed E-state index contributed by atoms with van der Waals surface area (Å²) in [7, 11) is 0. The Morgan fingerprint density at radius 2 is 1.82 bits per heavy atom. The summed E-state index contributed by atoms with van der Waals surface area (Å²) in [5.41, 5.74) is 8.41. The van der Waals surface area contributed by atoms with Crippen LogP contribution in [0.2, 0.25) is 0 Å². The van der Waals surface area contributed by atoms with Crippen molar-refractivity contribution in [2.45, 2.75) is 19.4 Å². The minimum atomic E-state index is -0.727. The highest BCUT2D eigenvalue weighted by atomic mass is 19.1. The first-order valence-corrected chi connectivity index (χ1v) is 10.3. The normalized spacial score (nSPS) is 12.7. The molecule has 0 saturated carbocycles. The van der Waals surface area contributed by atoms with Gasteiger partial charge in [-0.2, -0.15) is 0 Å². The van der Waals surface area contributed by atoms with E-state index >= 15 is 0 Å². The number of carbonyl (C=O) groups is 2. The second kappa shape index (κ2) is 9.07. The van der Waals surface area contributed by atoms with Gasteiger partial charge < -0.3 is 16.0 Å². The second-order valence-electron chi connectivity index (χ2n) is 7.75. The zero-order valence-electron chi connectivity index (χ0n) is 17.6. The van der Waals surface area contributed by atoms with Gasteiger partial charge in [0.25, 0.3) is 11.6 Å². The van der Waals surface area contributed by atoms with Crippen molar-refractivity contribution in [1.82, 2.24) is 0 Å². The number of nitrogens with one attached hydrogen (secondary N) is 1. The van der Waals surface area contributed by atoms with Crippen LogP contribution in [0.3, 0.4) is 0 Å². The smallest absolute Gasteiger partial charge is 0.275 e. The van der Waals surface area contributed by atoms with Gasteiger partial charge in [-0.15, -0.1) is 0 Å². The highest BCUT2D eigenvalue weighted by Gasteiger charge is 2.24. The maximum atomic E-state index is 13.2. The first-order valence-electron chi connectivity index (χ1n) is 10.3. The van der Waals surface area contributed by atoms with Crippen molar-refractivity contribution in [3.63, 3.8) is 0 Å². The number of nitro benzene ring substituents is 1. The topological polar surface area (TPSA) is 119 Å². The zero-order chi connectivity index (χ0) is 23.5. The summed E-state index contributed by atoms with van der Waals surface area (Å²) in [6.07, 6.45) is 1.53. The monoisotopic (exact) mass is 448 g/mol. The molecule has 2 amide bonds. The lowest BCUT2D eigenvalue weighted by Crippen LogP contribution is -2.30. The number of nitrogens with two attached hydrogens (primary N) is 1. The molecule has 3 aromatic rings. The number of benzene rings is 3. The quantitative estimate of drug-likeness (QED) is 0.436. The van der Waals surface area contributed by atoms with Gasteiger partial charge in [-0.05, 0) is 66.9 Å². The third kappa shape index (κ3) is 4.67. The van der Waals surface area contributed by atoms with Gasteiger partial charge in [-0.25, -0.2) is 4.39 Å². The molecule has 0 spiro atoms. The van der Waals surface area contributed by atoms with Crippen LogP contribution >= 0.6 is 0 Å². The van der Waals surface area contributed by atoms with Crippen LogP contribution in [0.5, 0.6) is 0 Å². The van der Waals surface area contributed by atoms with Gasteiger partial charge in [-0.1, -0.05) is 6.07 Å². The van der Waals surface area contributed by atoms with Crippen LogP contribution in [0.1, 0.15) is 38.3 Å². The van der Waals surface area contributed by atoms with Crippen LogP contribution in [0, 0.1) is 15.9 Å². The van der Waals surface area contributed by atoms with E-state index in [1.54, 1.807) is 12.1 Å². The molecule has 168 valence electrons. The number of hydrogen-bond donors (Lipinski definition) is 2. The van der Waals surface area contributed by atoms with Crippen LogP contribution in [0.25, 0.3) is 0 Å². The molecule has 0 aliphatic carbocycles. The predicted octanol–water partition coefficient (Wildman–Crippen LogP) is 4.04. The predicted molar refractivity (Wildman–Crippen MR) is 122 cm³/mol. The molecule has 3 N–H and O–H groups in total. The molecule has 33 heavy (non-hydrogen) atoms. The fourth-order valence-electron chi connectivity index (χ4n) is 4.00. The van der Waals surface area contributed by atoms with Crippen molar-refractivity contribution in [3.05, 3.63) is 98.8 Å². The lowest BCUT2D eigenvalue weighted by Gasteiger charge is -2.32. The Hall–Kier alpha value is -4.27. The molecule has 3 aromatic carbocycles. The van der Waals surface area contributed by atoms with Gasteiger partial charge in [0.1, 0.15) is 5.82 Å². The van der Waals surface area contributed by atoms with Crippen molar-refractivity contribution in [2.24, 2.45) is 5.73 Å². The lowest BCUT2D eigenvalue weighted by molar-refractivity contribution is -0.385. The minimum absolute atomic E-state index is 0.0790. The number of carbonyl (C=O) groups excluding carboxylic acids is 2. The fourth-order valence-corrected chi connectivity index (χ4v) is 4.00. The molecule has 8 nitrogen and oxygen atoms in total. The Labute approximate surface area is 189 Å². The molecular weight excluding hydrogens is 427 g/mol. The summed E-state index contributed by atoms with van der Waals surface area (Å²) < 4.78 is 13.2. The van der Waals surface area contributed by atoms with Crippen molar-refractivity contribution in [1.29, 1.82) is 0 Å². The number of nitrogens with zero attached hydrogens (tertiary/aromatic N) is 2. The molecule has 0 fully saturated rings. The van der Waals surface area contributed by atoms with Gasteiger partial charge >= 0.3 is 0 Å². The standard InChI is InChI=1S/C24H21FN4O4/c25-18-10-8-15(9-11-18)24(31)27-20-4-1-5-21-19(20)3-2-12-28(21)14-17-7-6-16(23(26)30)13-22(17)29(32)33/h1,4-11,13H,2-3,12,14H2,(H2,26,30)(H,27,31). The summed E-state index contributed by atoms with van der Waals surface area (Å²) in [6, 6.07) is 15.0. The number of hydrogen-bond acceptors (Lipinski definition) is 5. The summed E-state index contributed by atoms with van der Waals surface area (Å²) in [4.78, 5) is 37.1. The Kier molecular flexibility index (Phi) is 6.03. The first kappa shape index (κ1) is 21.9. The van der Waals surface area contributed by atoms with E-state index in [9.17, 15) is 24.1 Å². The number of anilines is 2. The van der Waals surface area contributed by atoms with E-state index in [0.717, 1.165) is 24.1 Å². The molecule has 1 aliphatic heterocycles. The molecule has 0 radical (unpaired) electrons. The van der Waals surface area contributed by atoms with Crippen molar-refractivity contribution < 1.29 is 18.9 Å². The summed E-state index contributed by atoms with van der Waals surface area (Å²) in [5, 5.41) is 14.5. The van der Waals surface area contributed by atoms with Crippen molar-refractivity contribution >= 4 is 28.9 Å². The molecule has 0 bridgehead atoms. The Morgan fingerprint density at radius 1 is 1.09 bits per heavy atom. The molecule has 0 aromatic heterocycles. The van der Waals surface area contributed by atoms with E-state index in [1.807, 2.05) is 17.0 Å². The fraction of sp³-hybridized carbons (Fsp3) is 0.167. The summed E-state index contributed by atoms with van der Waals surface area (Å²) in [6.45, 7) is 0.939. The van der Waals surface area contributed by atoms with Crippen molar-refractivity contribution in [3.8, 4) is 0 Å². The number of nitro groups is 1. The lowest BCUT2D eigenvalue weighted by atomic mass is 9.98. The number of fused-ring (bicyclic) bond motifs is 1. The minimum Gasteiger partial charge on any atom is -0.367 e. The third-order valence-corrected chi connectivity index (χ3v) is 5.63. The van der Waals surface area contributed by atoms with Gasteiger partial charge in [-0.3, -0.25) is 19.7 Å². The average molecular weight is 448 g/mol. The van der Waals surface area contributed by atoms with E-state index in [-0.39, 0.29) is 23.7 Å². The van der Waals surface area contributed by atoms with E-state index in [0.29, 0.717) is 23.4 Å². The largest absolute Gasteiger partial charge is 0.367 e. The Morgan fingerprint density at radius 3 is 2.52 bits per heavy atom. The van der Waals surface area contributed by atoms with Gasteiger partial charge in [0.2, 0.25) is 5.91 Å². The van der Waals surface area contributed by atoms with E-state index in [1.165, 1.54) is 36.4 Å². The van der Waals surface area contributed by atoms with Gasteiger partial charge in [0.05, 0.1) is 4.92 Å². The van der Waals surface area contributed by atoms with Crippen LogP contribution in [0.15, 0.2) is 60.7 Å². The van der Waals surface area contributed by atoms with Crippen molar-refractivity contribution in [2.75, 3.05) is 16.8 Å². The van der Waals surface area contributed by atoms with E-state index < -0.39 is 16.6 Å². The Bertz CT molecular complexity index is 1240. The number of halogens is 1. The third-order valence-electron chi connectivity index (χ3n) is 5.63. The second-order valence-corrected chi connectivity index (χ2v) is 7.75. The number of primary amides is 1. The molecule has 0 saturated heterocycles. The Balaban J connectivity index is 1.61. The van der Waals surface area contributed by atoms with Crippen LogP contribution in [0.4, 0.5) is 21.5 Å². The van der Waals surface area contributed by atoms with E-state index in [4.69, 9.17) is 5.73 Å². The molecule has 0 atom stereocenters. The van der Waals surface area contributed by atoms with Crippen LogP contribution < -0.4 is 16.0 Å². The molecular formula is C24H21FN4O4. The average Bonchev–Trinajstić information content (AvgIpc) is 2.80. The molecule has 0 unspecified atom stereocenters. The molecule has 1 heterocycles. The number of amides is 2. The summed E-state index contributed by atoms with van der Waals surface area (Å²) in [5.74, 6) is -1.50. The maximum Gasteiger partial charge on any atom is 0.275 e. The maximum absolute atomic E-state index is 13.2. The van der Waals surface area contributed by atoms with E-state index in [2.05, 4.69) is 5.32 Å². The van der Waals surface area contributed by atoms with Gasteiger partial charge in [0.15, 0.2) is 0 Å². The molecule has 4 rings (SSSR count). The summed E-state index contributed by atoms with van der Waals surface area (Å²) >= 11 is 0. The van der Waals surface area contributed by atoms with Crippen LogP contribution in [-0.4, -0.2) is 23.3 Å². The first-order chi connectivity index (χ1) is 15.8. The van der Waals surface area contributed by atoms with Gasteiger partial charge in [0, 0.05) is 47.2 Å². The SMILES string of the molecule is NC(=O)c1ccc(CN2CCCc3c(NC(=O)c4ccc(F)cc4)cccc32)c([N+](=O)[O-])c1. The molecule has 9 heteroatoms. The zero-order valence-corrected chi connectivity index (χ0v) is 17.6. The molecule has 1 aliphatic rings. The van der Waals surface area contributed by atoms with Crippen LogP contribution in [-0.2, 0) is 13.0 Å². The highest BCUT2D eigenvalue weighted by molar-refractivity contribution is 6.05. The highest BCUT2D eigenvalue weighted by Crippen LogP contribution is 2.35.